The number of rotatable bonds is 5. The number of alkyl halides is 4. The monoisotopic (exact) mass is 332 g/mol. The van der Waals surface area contributed by atoms with Crippen molar-refractivity contribution >= 4 is 17.8 Å². The molecule has 23 heavy (non-hydrogen) atoms. The highest BCUT2D eigenvalue weighted by Gasteiger charge is 2.50. The van der Waals surface area contributed by atoms with Crippen molar-refractivity contribution in [1.29, 1.82) is 0 Å². The molecule has 6 nitrogen and oxygen atoms in total. The molecule has 0 fully saturated rings. The number of aliphatic hydroxyl groups is 1. The van der Waals surface area contributed by atoms with Crippen molar-refractivity contribution in [1.82, 2.24) is 4.98 Å². The summed E-state index contributed by atoms with van der Waals surface area (Å²) in [5, 5.41) is 14.6. The zero-order chi connectivity index (χ0) is 17.2. The maximum absolute atomic E-state index is 12.8. The van der Waals surface area contributed by atoms with Crippen LogP contribution >= 0.6 is 0 Å². The van der Waals surface area contributed by atoms with E-state index in [0.29, 0.717) is 0 Å². The molecule has 3 N–H and O–H groups in total. The third-order valence-corrected chi connectivity index (χ3v) is 3.20. The lowest BCUT2D eigenvalue weighted by molar-refractivity contribution is -0.185. The smallest absolute Gasteiger partial charge is 0.278 e. The Hall–Kier alpha value is -2.49. The van der Waals surface area contributed by atoms with Crippen LogP contribution < -0.4 is 10.7 Å². The predicted octanol–water partition coefficient (Wildman–Crippen LogP) is 1.36. The third kappa shape index (κ3) is 3.16. The number of amides is 1. The number of primary amides is 1. The van der Waals surface area contributed by atoms with Crippen molar-refractivity contribution in [3.63, 3.8) is 0 Å². The van der Waals surface area contributed by atoms with Crippen LogP contribution in [0.1, 0.15) is 12.1 Å². The SMILES string of the molecule is NC(=O)C1=CN(c2ccc(C(O)(C(F)F)C(F)F)nc2)N=CC1. The molecule has 0 aliphatic carbocycles. The number of hydrogen-bond acceptors (Lipinski definition) is 5. The van der Waals surface area contributed by atoms with Gasteiger partial charge in [0.05, 0.1) is 17.6 Å². The van der Waals surface area contributed by atoms with Gasteiger partial charge in [-0.1, -0.05) is 0 Å². The van der Waals surface area contributed by atoms with Crippen molar-refractivity contribution in [2.45, 2.75) is 24.9 Å². The molecule has 0 saturated carbocycles. The molecule has 1 aromatic heterocycles. The standard InChI is InChI=1S/C13H12F4N4O2/c14-11(15)13(23,12(16)17)9-2-1-8(5-19-9)21-6-7(10(18)22)3-4-20-21/h1-2,4-6,11-12,23H,3H2,(H2,18,22). The first-order chi connectivity index (χ1) is 10.8. The minimum absolute atomic E-state index is 0.217. The Bertz CT molecular complexity index is 638. The summed E-state index contributed by atoms with van der Waals surface area (Å²) in [6.07, 6.45) is -3.52. The molecule has 0 saturated heterocycles. The van der Waals surface area contributed by atoms with Crippen LogP contribution in [-0.2, 0) is 10.4 Å². The molecular formula is C13H12F4N4O2. The van der Waals surface area contributed by atoms with Crippen molar-refractivity contribution in [3.05, 3.63) is 35.8 Å². The van der Waals surface area contributed by atoms with Gasteiger partial charge in [-0.3, -0.25) is 9.78 Å². The maximum Gasteiger partial charge on any atom is 0.278 e. The molecule has 0 unspecified atom stereocenters. The molecule has 1 aromatic rings. The summed E-state index contributed by atoms with van der Waals surface area (Å²) in [5.41, 5.74) is 1.09. The van der Waals surface area contributed by atoms with E-state index in [4.69, 9.17) is 5.73 Å². The van der Waals surface area contributed by atoms with Crippen LogP contribution in [0.2, 0.25) is 0 Å². The van der Waals surface area contributed by atoms with Gasteiger partial charge in [0.1, 0.15) is 0 Å². The van der Waals surface area contributed by atoms with Crippen LogP contribution in [0, 0.1) is 0 Å². The van der Waals surface area contributed by atoms with E-state index in [1.807, 2.05) is 0 Å². The van der Waals surface area contributed by atoms with Gasteiger partial charge in [0.25, 0.3) is 12.9 Å². The quantitative estimate of drug-likeness (QED) is 0.797. The van der Waals surface area contributed by atoms with E-state index in [1.54, 1.807) is 0 Å². The fourth-order valence-corrected chi connectivity index (χ4v) is 1.84. The number of nitrogens with zero attached hydrogens (tertiary/aromatic N) is 3. The largest absolute Gasteiger partial charge is 0.373 e. The summed E-state index contributed by atoms with van der Waals surface area (Å²) in [5.74, 6) is -0.657. The number of aromatic nitrogens is 1. The average Bonchev–Trinajstić information content (AvgIpc) is 2.54. The molecule has 0 atom stereocenters. The topological polar surface area (TPSA) is 91.8 Å². The summed E-state index contributed by atoms with van der Waals surface area (Å²) >= 11 is 0. The van der Waals surface area contributed by atoms with Crippen LogP contribution in [0.5, 0.6) is 0 Å². The summed E-state index contributed by atoms with van der Waals surface area (Å²) in [7, 11) is 0. The lowest BCUT2D eigenvalue weighted by Crippen LogP contribution is -2.42. The summed E-state index contributed by atoms with van der Waals surface area (Å²) < 4.78 is 51.0. The van der Waals surface area contributed by atoms with Crippen LogP contribution in [0.3, 0.4) is 0 Å². The molecular weight excluding hydrogens is 320 g/mol. The normalized spacial score (nSPS) is 15.3. The number of anilines is 1. The molecule has 2 heterocycles. The van der Waals surface area contributed by atoms with Crippen LogP contribution in [-0.4, -0.2) is 35.1 Å². The fraction of sp³-hybridized carbons (Fsp3) is 0.308. The van der Waals surface area contributed by atoms with Crippen LogP contribution in [0.4, 0.5) is 23.2 Å². The highest BCUT2D eigenvalue weighted by Crippen LogP contribution is 2.34. The number of pyridine rings is 1. The highest BCUT2D eigenvalue weighted by atomic mass is 19.3. The van der Waals surface area contributed by atoms with Gasteiger partial charge >= 0.3 is 0 Å². The van der Waals surface area contributed by atoms with E-state index in [0.717, 1.165) is 18.3 Å². The first-order valence-corrected chi connectivity index (χ1v) is 6.34. The van der Waals surface area contributed by atoms with E-state index < -0.39 is 30.1 Å². The molecule has 124 valence electrons. The Balaban J connectivity index is 2.31. The second-order valence-electron chi connectivity index (χ2n) is 4.69. The highest BCUT2D eigenvalue weighted by molar-refractivity contribution is 5.96. The van der Waals surface area contributed by atoms with Gasteiger partial charge in [-0.25, -0.2) is 22.6 Å². The van der Waals surface area contributed by atoms with E-state index >= 15 is 0 Å². The minimum atomic E-state index is -3.71. The molecule has 1 aliphatic rings. The number of nitrogens with two attached hydrogens (primary N) is 1. The number of carbonyl (C=O) groups excluding carboxylic acids is 1. The Morgan fingerprint density at radius 3 is 2.43 bits per heavy atom. The second-order valence-corrected chi connectivity index (χ2v) is 4.69. The second kappa shape index (κ2) is 6.32. The van der Waals surface area contributed by atoms with Gasteiger partial charge in [0, 0.05) is 24.4 Å². The first-order valence-electron chi connectivity index (χ1n) is 6.34. The van der Waals surface area contributed by atoms with Gasteiger partial charge in [0.2, 0.25) is 11.5 Å². The Morgan fingerprint density at radius 1 is 1.30 bits per heavy atom. The van der Waals surface area contributed by atoms with Gasteiger partial charge in [-0.2, -0.15) is 5.10 Å². The van der Waals surface area contributed by atoms with Crippen molar-refractivity contribution in [3.8, 4) is 0 Å². The predicted molar refractivity (Wildman–Crippen MR) is 73.0 cm³/mol. The van der Waals surface area contributed by atoms with Gasteiger partial charge in [0.15, 0.2) is 0 Å². The number of hydrogen-bond donors (Lipinski definition) is 2. The van der Waals surface area contributed by atoms with Crippen molar-refractivity contribution < 1.29 is 27.5 Å². The van der Waals surface area contributed by atoms with E-state index in [2.05, 4.69) is 10.1 Å². The molecule has 0 radical (unpaired) electrons. The lowest BCUT2D eigenvalue weighted by atomic mass is 10.0. The van der Waals surface area contributed by atoms with E-state index in [9.17, 15) is 27.5 Å². The van der Waals surface area contributed by atoms with Gasteiger partial charge in [-0.15, -0.1) is 0 Å². The van der Waals surface area contributed by atoms with Gasteiger partial charge in [-0.05, 0) is 12.1 Å². The molecule has 10 heteroatoms. The van der Waals surface area contributed by atoms with E-state index in [-0.39, 0.29) is 17.7 Å². The summed E-state index contributed by atoms with van der Waals surface area (Å²) in [6.45, 7) is 0. The van der Waals surface area contributed by atoms with Gasteiger partial charge < -0.3 is 10.8 Å². The van der Waals surface area contributed by atoms with Crippen molar-refractivity contribution in [2.75, 3.05) is 5.01 Å². The minimum Gasteiger partial charge on any atom is -0.373 e. The number of carbonyl (C=O) groups is 1. The van der Waals surface area contributed by atoms with Crippen LogP contribution in [0.15, 0.2) is 35.2 Å². The Morgan fingerprint density at radius 2 is 1.96 bits per heavy atom. The molecule has 0 spiro atoms. The molecule has 0 aromatic carbocycles. The zero-order valence-corrected chi connectivity index (χ0v) is 11.5. The summed E-state index contributed by atoms with van der Waals surface area (Å²) in [6, 6.07) is 2.01. The van der Waals surface area contributed by atoms with E-state index in [1.165, 1.54) is 17.4 Å². The average molecular weight is 332 g/mol. The number of hydrazone groups is 1. The molecule has 1 amide bonds. The molecule has 2 rings (SSSR count). The number of halogens is 4. The zero-order valence-electron chi connectivity index (χ0n) is 11.5. The fourth-order valence-electron chi connectivity index (χ4n) is 1.84. The molecule has 1 aliphatic heterocycles. The Kier molecular flexibility index (Phi) is 4.64. The summed E-state index contributed by atoms with van der Waals surface area (Å²) in [4.78, 5) is 14.6. The Labute approximate surface area is 127 Å². The molecule has 0 bridgehead atoms. The first kappa shape index (κ1) is 16.9. The van der Waals surface area contributed by atoms with Crippen LogP contribution in [0.25, 0.3) is 0 Å². The third-order valence-electron chi connectivity index (χ3n) is 3.20. The lowest BCUT2D eigenvalue weighted by Gasteiger charge is -2.26. The maximum atomic E-state index is 12.8. The van der Waals surface area contributed by atoms with Crippen molar-refractivity contribution in [2.24, 2.45) is 10.8 Å².